The zero-order valence-corrected chi connectivity index (χ0v) is 10.6. The van der Waals surface area contributed by atoms with E-state index in [2.05, 4.69) is 12.2 Å². The Labute approximate surface area is 106 Å². The number of hydrogen-bond donors (Lipinski definition) is 2. The standard InChI is InChI=1S/C13H16N2OS/c1-8-6-11(8)7-15-13(16)10-4-2-9(3-5-10)12(14)17/h2-5,8,11H,6-7H2,1H3,(H2,14,17)(H,15,16). The highest BCUT2D eigenvalue weighted by Gasteiger charge is 2.32. The lowest BCUT2D eigenvalue weighted by Crippen LogP contribution is -2.26. The fraction of sp³-hybridized carbons (Fsp3) is 0.385. The molecule has 3 N–H and O–H groups in total. The van der Waals surface area contributed by atoms with Crippen molar-refractivity contribution < 1.29 is 4.79 Å². The van der Waals surface area contributed by atoms with E-state index < -0.39 is 0 Å². The van der Waals surface area contributed by atoms with E-state index >= 15 is 0 Å². The van der Waals surface area contributed by atoms with Crippen molar-refractivity contribution in [3.8, 4) is 0 Å². The van der Waals surface area contributed by atoms with Crippen LogP contribution >= 0.6 is 12.2 Å². The van der Waals surface area contributed by atoms with E-state index in [1.165, 1.54) is 6.42 Å². The minimum Gasteiger partial charge on any atom is -0.389 e. The highest BCUT2D eigenvalue weighted by molar-refractivity contribution is 7.80. The third-order valence-electron chi connectivity index (χ3n) is 3.23. The first kappa shape index (κ1) is 12.0. The Kier molecular flexibility index (Phi) is 3.43. The summed E-state index contributed by atoms with van der Waals surface area (Å²) in [5.74, 6) is 1.39. The van der Waals surface area contributed by atoms with E-state index in [1.807, 2.05) is 0 Å². The van der Waals surface area contributed by atoms with Gasteiger partial charge >= 0.3 is 0 Å². The molecule has 90 valence electrons. The lowest BCUT2D eigenvalue weighted by Gasteiger charge is -2.05. The molecule has 0 aromatic heterocycles. The molecule has 0 saturated heterocycles. The van der Waals surface area contributed by atoms with E-state index in [1.54, 1.807) is 24.3 Å². The van der Waals surface area contributed by atoms with Crippen molar-refractivity contribution >= 4 is 23.1 Å². The van der Waals surface area contributed by atoms with Gasteiger partial charge in [-0.2, -0.15) is 0 Å². The van der Waals surface area contributed by atoms with Gasteiger partial charge in [0.15, 0.2) is 0 Å². The van der Waals surface area contributed by atoms with Crippen LogP contribution < -0.4 is 11.1 Å². The molecule has 1 aliphatic carbocycles. The number of nitrogens with two attached hydrogens (primary N) is 1. The topological polar surface area (TPSA) is 55.1 Å². The Balaban J connectivity index is 1.92. The molecule has 1 aromatic carbocycles. The Morgan fingerprint density at radius 2 is 1.94 bits per heavy atom. The average molecular weight is 248 g/mol. The van der Waals surface area contributed by atoms with Crippen molar-refractivity contribution in [1.29, 1.82) is 0 Å². The minimum atomic E-state index is -0.0291. The Bertz CT molecular complexity index is 441. The van der Waals surface area contributed by atoms with Gasteiger partial charge in [0, 0.05) is 17.7 Å². The number of rotatable bonds is 4. The van der Waals surface area contributed by atoms with Crippen LogP contribution in [-0.2, 0) is 0 Å². The number of carbonyl (C=O) groups excluding carboxylic acids is 1. The first-order valence-electron chi connectivity index (χ1n) is 5.76. The quantitative estimate of drug-likeness (QED) is 0.798. The molecule has 2 rings (SSSR count). The van der Waals surface area contributed by atoms with Crippen molar-refractivity contribution in [1.82, 2.24) is 5.32 Å². The van der Waals surface area contributed by atoms with Crippen LogP contribution in [0.25, 0.3) is 0 Å². The van der Waals surface area contributed by atoms with Crippen molar-refractivity contribution in [2.45, 2.75) is 13.3 Å². The van der Waals surface area contributed by atoms with Gasteiger partial charge in [-0.1, -0.05) is 31.3 Å². The molecule has 1 aromatic rings. The first-order chi connectivity index (χ1) is 8.08. The van der Waals surface area contributed by atoms with Gasteiger partial charge in [0.25, 0.3) is 5.91 Å². The van der Waals surface area contributed by atoms with Crippen LogP contribution in [-0.4, -0.2) is 17.4 Å². The maximum atomic E-state index is 11.8. The molecule has 2 unspecified atom stereocenters. The summed E-state index contributed by atoms with van der Waals surface area (Å²) in [4.78, 5) is 12.1. The summed E-state index contributed by atoms with van der Waals surface area (Å²) in [6.45, 7) is 2.98. The van der Waals surface area contributed by atoms with Gasteiger partial charge in [0.2, 0.25) is 0 Å². The fourth-order valence-corrected chi connectivity index (χ4v) is 1.93. The highest BCUT2D eigenvalue weighted by Crippen LogP contribution is 2.36. The Morgan fingerprint density at radius 3 is 2.41 bits per heavy atom. The molecule has 1 fully saturated rings. The number of amides is 1. The molecular weight excluding hydrogens is 232 g/mol. The van der Waals surface area contributed by atoms with E-state index in [9.17, 15) is 4.79 Å². The van der Waals surface area contributed by atoms with Crippen LogP contribution in [0.2, 0.25) is 0 Å². The largest absolute Gasteiger partial charge is 0.389 e. The second-order valence-electron chi connectivity index (χ2n) is 4.62. The molecule has 1 saturated carbocycles. The number of thiocarbonyl (C=S) groups is 1. The van der Waals surface area contributed by atoms with E-state index in [0.29, 0.717) is 16.5 Å². The highest BCUT2D eigenvalue weighted by atomic mass is 32.1. The summed E-state index contributed by atoms with van der Waals surface area (Å²) in [6.07, 6.45) is 1.22. The molecule has 0 aliphatic heterocycles. The Morgan fingerprint density at radius 1 is 1.41 bits per heavy atom. The van der Waals surface area contributed by atoms with Crippen molar-refractivity contribution in [2.24, 2.45) is 17.6 Å². The summed E-state index contributed by atoms with van der Waals surface area (Å²) in [5.41, 5.74) is 6.93. The van der Waals surface area contributed by atoms with Gasteiger partial charge in [-0.05, 0) is 30.4 Å². The summed E-state index contributed by atoms with van der Waals surface area (Å²) < 4.78 is 0. The van der Waals surface area contributed by atoms with Gasteiger partial charge in [0.1, 0.15) is 4.99 Å². The van der Waals surface area contributed by atoms with Gasteiger partial charge in [-0.15, -0.1) is 0 Å². The predicted octanol–water partition coefficient (Wildman–Crippen LogP) is 1.71. The van der Waals surface area contributed by atoms with Crippen LogP contribution in [0.4, 0.5) is 0 Å². The lowest BCUT2D eigenvalue weighted by atomic mass is 10.1. The molecule has 0 heterocycles. The summed E-state index contributed by atoms with van der Waals surface area (Å²) >= 11 is 4.85. The van der Waals surface area contributed by atoms with Crippen molar-refractivity contribution in [2.75, 3.05) is 6.54 Å². The Hall–Kier alpha value is -1.42. The van der Waals surface area contributed by atoms with Crippen molar-refractivity contribution in [3.63, 3.8) is 0 Å². The normalized spacial score (nSPS) is 21.9. The number of carbonyl (C=O) groups is 1. The van der Waals surface area contributed by atoms with Crippen LogP contribution in [0.1, 0.15) is 29.3 Å². The smallest absolute Gasteiger partial charge is 0.251 e. The van der Waals surface area contributed by atoms with Crippen LogP contribution in [0, 0.1) is 11.8 Å². The summed E-state index contributed by atoms with van der Waals surface area (Å²) in [7, 11) is 0. The second-order valence-corrected chi connectivity index (χ2v) is 5.06. The minimum absolute atomic E-state index is 0.0291. The molecule has 3 nitrogen and oxygen atoms in total. The number of hydrogen-bond acceptors (Lipinski definition) is 2. The van der Waals surface area contributed by atoms with Crippen molar-refractivity contribution in [3.05, 3.63) is 35.4 Å². The zero-order chi connectivity index (χ0) is 12.4. The van der Waals surface area contributed by atoms with E-state index in [0.717, 1.165) is 18.0 Å². The van der Waals surface area contributed by atoms with Gasteiger partial charge in [-0.3, -0.25) is 4.79 Å². The van der Waals surface area contributed by atoms with Gasteiger partial charge in [-0.25, -0.2) is 0 Å². The maximum Gasteiger partial charge on any atom is 0.251 e. The maximum absolute atomic E-state index is 11.8. The third-order valence-corrected chi connectivity index (χ3v) is 3.47. The molecule has 0 spiro atoms. The molecule has 1 aliphatic rings. The number of nitrogens with one attached hydrogen (secondary N) is 1. The van der Waals surface area contributed by atoms with E-state index in [4.69, 9.17) is 18.0 Å². The lowest BCUT2D eigenvalue weighted by molar-refractivity contribution is 0.0951. The van der Waals surface area contributed by atoms with Crippen LogP contribution in [0.3, 0.4) is 0 Å². The molecule has 17 heavy (non-hydrogen) atoms. The summed E-state index contributed by atoms with van der Waals surface area (Å²) in [6, 6.07) is 7.05. The molecule has 4 heteroatoms. The zero-order valence-electron chi connectivity index (χ0n) is 9.77. The summed E-state index contributed by atoms with van der Waals surface area (Å²) in [5, 5.41) is 2.94. The van der Waals surface area contributed by atoms with Crippen LogP contribution in [0.5, 0.6) is 0 Å². The van der Waals surface area contributed by atoms with Crippen LogP contribution in [0.15, 0.2) is 24.3 Å². The average Bonchev–Trinajstić information content (AvgIpc) is 3.02. The molecule has 1 amide bonds. The predicted molar refractivity (Wildman–Crippen MR) is 71.9 cm³/mol. The van der Waals surface area contributed by atoms with Gasteiger partial charge in [0.05, 0.1) is 0 Å². The molecular formula is C13H16N2OS. The SMILES string of the molecule is CC1CC1CNC(=O)c1ccc(C(N)=S)cc1. The molecule has 0 bridgehead atoms. The second kappa shape index (κ2) is 4.84. The first-order valence-corrected chi connectivity index (χ1v) is 6.17. The van der Waals surface area contributed by atoms with E-state index in [-0.39, 0.29) is 5.91 Å². The molecule has 0 radical (unpaired) electrons. The molecule has 2 atom stereocenters. The fourth-order valence-electron chi connectivity index (χ4n) is 1.80. The number of benzene rings is 1. The monoisotopic (exact) mass is 248 g/mol. The van der Waals surface area contributed by atoms with Gasteiger partial charge < -0.3 is 11.1 Å². The third kappa shape index (κ3) is 3.03.